The number of methoxy groups -OCH3 is 1. The van der Waals surface area contributed by atoms with Gasteiger partial charge >= 0.3 is 0 Å². The Kier molecular flexibility index (Phi) is 6.06. The van der Waals surface area contributed by atoms with E-state index in [-0.39, 0.29) is 17.0 Å². The van der Waals surface area contributed by atoms with E-state index >= 15 is 0 Å². The number of ether oxygens (including phenoxy) is 1. The molecule has 0 amide bonds. The smallest absolute Gasteiger partial charge is 0.240 e. The van der Waals surface area contributed by atoms with Crippen molar-refractivity contribution in [1.29, 1.82) is 0 Å². The SMILES string of the molecule is COc1ccccc1N[C@@H]1CCCC[C@H]1NS(=O)(=O)c1ccc(Cl)cc1. The molecule has 0 aromatic heterocycles. The summed E-state index contributed by atoms with van der Waals surface area (Å²) in [6, 6.07) is 13.7. The molecule has 0 unspecified atom stereocenters. The number of sulfonamides is 1. The van der Waals surface area contributed by atoms with Crippen LogP contribution in [0.5, 0.6) is 5.75 Å². The molecule has 1 fully saturated rings. The maximum Gasteiger partial charge on any atom is 0.240 e. The number of halogens is 1. The quantitative estimate of drug-likeness (QED) is 0.775. The summed E-state index contributed by atoms with van der Waals surface area (Å²) >= 11 is 5.86. The number of nitrogens with one attached hydrogen (secondary N) is 2. The highest BCUT2D eigenvalue weighted by Gasteiger charge is 2.30. The second-order valence-electron chi connectivity index (χ2n) is 6.42. The fourth-order valence-corrected chi connectivity index (χ4v) is 4.73. The molecule has 2 aromatic rings. The van der Waals surface area contributed by atoms with Gasteiger partial charge in [0.05, 0.1) is 17.7 Å². The summed E-state index contributed by atoms with van der Waals surface area (Å²) in [5, 5.41) is 3.97. The van der Waals surface area contributed by atoms with Crippen LogP contribution < -0.4 is 14.8 Å². The van der Waals surface area contributed by atoms with Gasteiger partial charge in [0.25, 0.3) is 0 Å². The van der Waals surface area contributed by atoms with Crippen LogP contribution in [0.3, 0.4) is 0 Å². The average Bonchev–Trinajstić information content (AvgIpc) is 2.64. The molecule has 1 saturated carbocycles. The number of hydrogen-bond donors (Lipinski definition) is 2. The standard InChI is InChI=1S/C19H23ClN2O3S/c1-25-19-9-5-4-8-18(19)21-16-6-2-3-7-17(16)22-26(23,24)15-12-10-14(20)11-13-15/h4-5,8-13,16-17,21-22H,2-3,6-7H2,1H3/t16-,17-/m1/s1. The van der Waals surface area contributed by atoms with Crippen LogP contribution >= 0.6 is 11.6 Å². The van der Waals surface area contributed by atoms with Crippen LogP contribution in [0.25, 0.3) is 0 Å². The molecular weight excluding hydrogens is 372 g/mol. The van der Waals surface area contributed by atoms with Gasteiger partial charge < -0.3 is 10.1 Å². The van der Waals surface area contributed by atoms with Crippen molar-refractivity contribution in [2.24, 2.45) is 0 Å². The fourth-order valence-electron chi connectivity index (χ4n) is 3.29. The monoisotopic (exact) mass is 394 g/mol. The van der Waals surface area contributed by atoms with Crippen LogP contribution in [0.15, 0.2) is 53.4 Å². The zero-order chi connectivity index (χ0) is 18.6. The molecule has 2 atom stereocenters. The number of benzene rings is 2. The van der Waals surface area contributed by atoms with Crippen molar-refractivity contribution in [2.45, 2.75) is 42.7 Å². The molecule has 7 heteroatoms. The highest BCUT2D eigenvalue weighted by Crippen LogP contribution is 2.29. The van der Waals surface area contributed by atoms with Crippen molar-refractivity contribution in [1.82, 2.24) is 4.72 Å². The maximum absolute atomic E-state index is 12.7. The summed E-state index contributed by atoms with van der Waals surface area (Å²) in [7, 11) is -1.97. The van der Waals surface area contributed by atoms with Crippen molar-refractivity contribution >= 4 is 27.3 Å². The van der Waals surface area contributed by atoms with Crippen LogP contribution in [0.1, 0.15) is 25.7 Å². The highest BCUT2D eigenvalue weighted by molar-refractivity contribution is 7.89. The third-order valence-corrected chi connectivity index (χ3v) is 6.40. The van der Waals surface area contributed by atoms with E-state index in [1.807, 2.05) is 24.3 Å². The molecule has 0 heterocycles. The van der Waals surface area contributed by atoms with Gasteiger partial charge in [-0.2, -0.15) is 0 Å². The number of rotatable bonds is 6. The largest absolute Gasteiger partial charge is 0.495 e. The second kappa shape index (κ2) is 8.29. The Morgan fingerprint density at radius 1 is 1.00 bits per heavy atom. The van der Waals surface area contributed by atoms with E-state index in [0.29, 0.717) is 5.02 Å². The molecule has 26 heavy (non-hydrogen) atoms. The topological polar surface area (TPSA) is 67.4 Å². The van der Waals surface area contributed by atoms with Crippen molar-refractivity contribution in [3.8, 4) is 5.75 Å². The van der Waals surface area contributed by atoms with Gasteiger partial charge in [-0.15, -0.1) is 0 Å². The molecule has 5 nitrogen and oxygen atoms in total. The van der Waals surface area contributed by atoms with Crippen molar-refractivity contribution in [3.05, 3.63) is 53.6 Å². The molecule has 0 aliphatic heterocycles. The third-order valence-electron chi connectivity index (χ3n) is 4.64. The summed E-state index contributed by atoms with van der Waals surface area (Å²) in [5.41, 5.74) is 0.873. The lowest BCUT2D eigenvalue weighted by Crippen LogP contribution is -2.48. The molecular formula is C19H23ClN2O3S. The molecule has 3 rings (SSSR count). The predicted molar refractivity (Wildman–Crippen MR) is 104 cm³/mol. The molecule has 1 aliphatic carbocycles. The van der Waals surface area contributed by atoms with E-state index in [1.54, 1.807) is 19.2 Å². The Morgan fingerprint density at radius 3 is 2.35 bits per heavy atom. The Morgan fingerprint density at radius 2 is 1.65 bits per heavy atom. The zero-order valence-corrected chi connectivity index (χ0v) is 16.2. The molecule has 2 aromatic carbocycles. The number of hydrogen-bond acceptors (Lipinski definition) is 4. The summed E-state index contributed by atoms with van der Waals surface area (Å²) in [4.78, 5) is 0.225. The molecule has 0 saturated heterocycles. The Bertz CT molecular complexity index is 840. The van der Waals surface area contributed by atoms with Gasteiger partial charge in [0.1, 0.15) is 5.75 Å². The van der Waals surface area contributed by atoms with Crippen molar-refractivity contribution in [3.63, 3.8) is 0 Å². The van der Waals surface area contributed by atoms with Crippen LogP contribution in [-0.2, 0) is 10.0 Å². The first-order valence-electron chi connectivity index (χ1n) is 8.67. The highest BCUT2D eigenvalue weighted by atomic mass is 35.5. The van der Waals surface area contributed by atoms with Gasteiger partial charge in [-0.1, -0.05) is 36.6 Å². The van der Waals surface area contributed by atoms with E-state index in [0.717, 1.165) is 37.1 Å². The minimum absolute atomic E-state index is 0.00197. The van der Waals surface area contributed by atoms with Crippen LogP contribution in [0.2, 0.25) is 5.02 Å². The number of anilines is 1. The summed E-state index contributed by atoms with van der Waals surface area (Å²) in [6.45, 7) is 0. The molecule has 0 radical (unpaired) electrons. The normalized spacial score (nSPS) is 20.5. The Balaban J connectivity index is 1.77. The van der Waals surface area contributed by atoms with E-state index in [1.165, 1.54) is 12.1 Å². The van der Waals surface area contributed by atoms with Gasteiger partial charge in [-0.25, -0.2) is 13.1 Å². The number of para-hydroxylation sites is 2. The minimum Gasteiger partial charge on any atom is -0.495 e. The summed E-state index contributed by atoms with van der Waals surface area (Å²) in [6.07, 6.45) is 3.75. The zero-order valence-electron chi connectivity index (χ0n) is 14.6. The van der Waals surface area contributed by atoms with E-state index in [2.05, 4.69) is 10.0 Å². The minimum atomic E-state index is -3.60. The molecule has 140 valence electrons. The fraction of sp³-hybridized carbons (Fsp3) is 0.368. The molecule has 0 bridgehead atoms. The Labute approximate surface area is 159 Å². The summed E-state index contributed by atoms with van der Waals surface area (Å²) < 4.78 is 33.7. The van der Waals surface area contributed by atoms with Gasteiger partial charge in [0.2, 0.25) is 10.0 Å². The molecule has 0 spiro atoms. The maximum atomic E-state index is 12.7. The lowest BCUT2D eigenvalue weighted by atomic mass is 9.91. The van der Waals surface area contributed by atoms with Crippen LogP contribution in [0.4, 0.5) is 5.69 Å². The van der Waals surface area contributed by atoms with E-state index < -0.39 is 10.0 Å². The first kappa shape index (κ1) is 19.0. The van der Waals surface area contributed by atoms with Gasteiger partial charge in [0.15, 0.2) is 0 Å². The molecule has 1 aliphatic rings. The lowest BCUT2D eigenvalue weighted by Gasteiger charge is -2.33. The first-order valence-corrected chi connectivity index (χ1v) is 10.5. The van der Waals surface area contributed by atoms with Crippen molar-refractivity contribution in [2.75, 3.05) is 12.4 Å². The van der Waals surface area contributed by atoms with Gasteiger partial charge in [-0.3, -0.25) is 0 Å². The molecule has 2 N–H and O–H groups in total. The lowest BCUT2D eigenvalue weighted by molar-refractivity contribution is 0.375. The van der Waals surface area contributed by atoms with Crippen LogP contribution in [0, 0.1) is 0 Å². The van der Waals surface area contributed by atoms with Crippen LogP contribution in [-0.4, -0.2) is 27.6 Å². The Hall–Kier alpha value is -1.76. The van der Waals surface area contributed by atoms with E-state index in [4.69, 9.17) is 16.3 Å². The predicted octanol–water partition coefficient (Wildman–Crippen LogP) is 4.05. The van der Waals surface area contributed by atoms with E-state index in [9.17, 15) is 8.42 Å². The van der Waals surface area contributed by atoms with Crippen molar-refractivity contribution < 1.29 is 13.2 Å². The van der Waals surface area contributed by atoms with Gasteiger partial charge in [0, 0.05) is 17.1 Å². The first-order chi connectivity index (χ1) is 12.5. The third kappa shape index (κ3) is 4.50. The average molecular weight is 395 g/mol. The second-order valence-corrected chi connectivity index (χ2v) is 8.57. The van der Waals surface area contributed by atoms with Gasteiger partial charge in [-0.05, 0) is 49.2 Å². The summed E-state index contributed by atoms with van der Waals surface area (Å²) in [5.74, 6) is 0.748.